The van der Waals surface area contributed by atoms with Crippen LogP contribution in [0.25, 0.3) is 11.4 Å². The highest BCUT2D eigenvalue weighted by Gasteiger charge is 2.33. The van der Waals surface area contributed by atoms with Crippen LogP contribution >= 0.6 is 0 Å². The van der Waals surface area contributed by atoms with Gasteiger partial charge >= 0.3 is 0 Å². The number of anilines is 1. The van der Waals surface area contributed by atoms with E-state index in [1.807, 2.05) is 19.1 Å². The van der Waals surface area contributed by atoms with Crippen molar-refractivity contribution in [2.75, 3.05) is 31.3 Å². The molecule has 0 radical (unpaired) electrons. The monoisotopic (exact) mass is 326 g/mol. The fraction of sp³-hybridized carbons (Fsp3) is 0.412. The number of hydrogen-bond acceptors (Lipinski definition) is 6. The van der Waals surface area contributed by atoms with Crippen LogP contribution in [0.15, 0.2) is 24.5 Å². The molecule has 4 heterocycles. The minimum absolute atomic E-state index is 0.0310. The zero-order valence-corrected chi connectivity index (χ0v) is 13.4. The van der Waals surface area contributed by atoms with E-state index in [4.69, 9.17) is 9.47 Å². The lowest BCUT2D eigenvalue weighted by Crippen LogP contribution is -2.41. The third-order valence-electron chi connectivity index (χ3n) is 4.29. The molecule has 2 aromatic rings. The standard InChI is InChI=1S/C17H18N4O3/c1-11-14-8-15(22)21(9-13-10-23-6-7-24-13)17(14)20-16(19-11)12-2-4-18-5-3-12/h2-5,13H,6-10H2,1H3. The summed E-state index contributed by atoms with van der Waals surface area (Å²) in [5.41, 5.74) is 2.62. The van der Waals surface area contributed by atoms with Gasteiger partial charge in [-0.05, 0) is 19.1 Å². The first-order valence-corrected chi connectivity index (χ1v) is 8.00. The summed E-state index contributed by atoms with van der Waals surface area (Å²) in [5, 5.41) is 0. The Morgan fingerprint density at radius 3 is 2.83 bits per heavy atom. The predicted molar refractivity (Wildman–Crippen MR) is 86.6 cm³/mol. The molecule has 1 amide bonds. The van der Waals surface area contributed by atoms with Crippen LogP contribution in [-0.4, -0.2) is 53.3 Å². The number of fused-ring (bicyclic) bond motifs is 1. The topological polar surface area (TPSA) is 77.4 Å². The number of nitrogens with zero attached hydrogens (tertiary/aromatic N) is 4. The summed E-state index contributed by atoms with van der Waals surface area (Å²) >= 11 is 0. The highest BCUT2D eigenvalue weighted by Crippen LogP contribution is 2.31. The van der Waals surface area contributed by atoms with E-state index >= 15 is 0 Å². The third kappa shape index (κ3) is 2.76. The van der Waals surface area contributed by atoms with Crippen molar-refractivity contribution in [3.05, 3.63) is 35.8 Å². The summed E-state index contributed by atoms with van der Waals surface area (Å²) in [7, 11) is 0. The molecule has 1 atom stereocenters. The maximum absolute atomic E-state index is 12.5. The van der Waals surface area contributed by atoms with Gasteiger partial charge in [-0.1, -0.05) is 0 Å². The van der Waals surface area contributed by atoms with Gasteiger partial charge in [-0.2, -0.15) is 0 Å². The number of carbonyl (C=O) groups excluding carboxylic acids is 1. The van der Waals surface area contributed by atoms with Crippen LogP contribution in [0.1, 0.15) is 11.3 Å². The molecule has 0 aliphatic carbocycles. The van der Waals surface area contributed by atoms with Crippen molar-refractivity contribution in [1.29, 1.82) is 0 Å². The summed E-state index contributed by atoms with van der Waals surface area (Å²) in [5.74, 6) is 1.33. The van der Waals surface area contributed by atoms with E-state index in [0.29, 0.717) is 44.4 Å². The van der Waals surface area contributed by atoms with Gasteiger partial charge in [0.1, 0.15) is 5.82 Å². The second kappa shape index (κ2) is 6.26. The number of aromatic nitrogens is 3. The van der Waals surface area contributed by atoms with E-state index < -0.39 is 0 Å². The van der Waals surface area contributed by atoms with Crippen LogP contribution in [0, 0.1) is 6.92 Å². The molecule has 1 unspecified atom stereocenters. The number of rotatable bonds is 3. The number of ether oxygens (including phenoxy) is 2. The molecule has 7 heteroatoms. The maximum Gasteiger partial charge on any atom is 0.232 e. The number of amides is 1. The molecule has 2 aliphatic heterocycles. The van der Waals surface area contributed by atoms with Gasteiger partial charge in [-0.25, -0.2) is 9.97 Å². The molecule has 1 fully saturated rings. The quantitative estimate of drug-likeness (QED) is 0.842. The van der Waals surface area contributed by atoms with Gasteiger partial charge in [0.2, 0.25) is 5.91 Å². The normalized spacial score (nSPS) is 20.3. The second-order valence-electron chi connectivity index (χ2n) is 5.92. The van der Waals surface area contributed by atoms with Gasteiger partial charge in [-0.3, -0.25) is 14.7 Å². The molecule has 2 aromatic heterocycles. The number of carbonyl (C=O) groups is 1. The van der Waals surface area contributed by atoms with Crippen LogP contribution in [0.3, 0.4) is 0 Å². The predicted octanol–water partition coefficient (Wildman–Crippen LogP) is 1.15. The minimum atomic E-state index is -0.117. The summed E-state index contributed by atoms with van der Waals surface area (Å²) < 4.78 is 11.1. The molecule has 0 saturated carbocycles. The summed E-state index contributed by atoms with van der Waals surface area (Å²) in [6.45, 7) is 4.04. The van der Waals surface area contributed by atoms with Crippen molar-refractivity contribution in [3.8, 4) is 11.4 Å². The zero-order valence-electron chi connectivity index (χ0n) is 13.4. The molecule has 1 saturated heterocycles. The number of aryl methyl sites for hydroxylation is 1. The lowest BCUT2D eigenvalue weighted by molar-refractivity contribution is -0.119. The van der Waals surface area contributed by atoms with E-state index in [-0.39, 0.29) is 12.0 Å². The van der Waals surface area contributed by atoms with Crippen LogP contribution in [0.5, 0.6) is 0 Å². The van der Waals surface area contributed by atoms with Crippen molar-refractivity contribution in [1.82, 2.24) is 15.0 Å². The smallest absolute Gasteiger partial charge is 0.232 e. The fourth-order valence-corrected chi connectivity index (χ4v) is 3.04. The van der Waals surface area contributed by atoms with Crippen LogP contribution in [0.2, 0.25) is 0 Å². The molecule has 124 valence electrons. The first kappa shape index (κ1) is 15.2. The fourth-order valence-electron chi connectivity index (χ4n) is 3.04. The Balaban J connectivity index is 1.68. The third-order valence-corrected chi connectivity index (χ3v) is 4.29. The van der Waals surface area contributed by atoms with Crippen molar-refractivity contribution in [2.24, 2.45) is 0 Å². The molecule has 0 bridgehead atoms. The average Bonchev–Trinajstić information content (AvgIpc) is 2.93. The van der Waals surface area contributed by atoms with Crippen LogP contribution in [0.4, 0.5) is 5.82 Å². The lowest BCUT2D eigenvalue weighted by Gasteiger charge is -2.27. The highest BCUT2D eigenvalue weighted by atomic mass is 16.6. The number of pyridine rings is 1. The van der Waals surface area contributed by atoms with Gasteiger partial charge in [-0.15, -0.1) is 0 Å². The Bertz CT molecular complexity index is 760. The Morgan fingerprint density at radius 1 is 1.25 bits per heavy atom. The molecular weight excluding hydrogens is 308 g/mol. The van der Waals surface area contributed by atoms with Crippen LogP contribution in [-0.2, 0) is 20.7 Å². The van der Waals surface area contributed by atoms with Gasteiger partial charge in [0.25, 0.3) is 0 Å². The van der Waals surface area contributed by atoms with Crippen molar-refractivity contribution >= 4 is 11.7 Å². The number of hydrogen-bond donors (Lipinski definition) is 0. The van der Waals surface area contributed by atoms with E-state index in [1.165, 1.54) is 0 Å². The van der Waals surface area contributed by atoms with Crippen molar-refractivity contribution < 1.29 is 14.3 Å². The average molecular weight is 326 g/mol. The van der Waals surface area contributed by atoms with Gasteiger partial charge < -0.3 is 9.47 Å². The van der Waals surface area contributed by atoms with E-state index in [1.54, 1.807) is 17.3 Å². The molecule has 0 aromatic carbocycles. The highest BCUT2D eigenvalue weighted by molar-refractivity contribution is 6.00. The summed E-state index contributed by atoms with van der Waals surface area (Å²) in [6.07, 6.45) is 3.63. The van der Waals surface area contributed by atoms with E-state index in [0.717, 1.165) is 16.8 Å². The largest absolute Gasteiger partial charge is 0.376 e. The minimum Gasteiger partial charge on any atom is -0.376 e. The van der Waals surface area contributed by atoms with E-state index in [2.05, 4.69) is 15.0 Å². The Kier molecular flexibility index (Phi) is 3.95. The summed E-state index contributed by atoms with van der Waals surface area (Å²) in [4.78, 5) is 27.4. The van der Waals surface area contributed by atoms with Crippen LogP contribution < -0.4 is 4.90 Å². The second-order valence-corrected chi connectivity index (χ2v) is 5.92. The van der Waals surface area contributed by atoms with Crippen molar-refractivity contribution in [2.45, 2.75) is 19.4 Å². The lowest BCUT2D eigenvalue weighted by atomic mass is 10.2. The first-order chi connectivity index (χ1) is 11.7. The molecule has 0 N–H and O–H groups in total. The molecular formula is C17H18N4O3. The Labute approximate surface area is 139 Å². The van der Waals surface area contributed by atoms with Gasteiger partial charge in [0.05, 0.1) is 38.9 Å². The van der Waals surface area contributed by atoms with Crippen molar-refractivity contribution in [3.63, 3.8) is 0 Å². The Morgan fingerprint density at radius 2 is 2.08 bits per heavy atom. The van der Waals surface area contributed by atoms with Gasteiger partial charge in [0, 0.05) is 29.2 Å². The van der Waals surface area contributed by atoms with Gasteiger partial charge in [0.15, 0.2) is 5.82 Å². The first-order valence-electron chi connectivity index (χ1n) is 8.00. The Hall–Kier alpha value is -2.38. The van der Waals surface area contributed by atoms with E-state index in [9.17, 15) is 4.79 Å². The SMILES string of the molecule is Cc1nc(-c2ccncc2)nc2c1CC(=O)N2CC1COCCO1. The zero-order chi connectivity index (χ0) is 16.5. The molecule has 4 rings (SSSR count). The maximum atomic E-state index is 12.5. The molecule has 2 aliphatic rings. The molecule has 7 nitrogen and oxygen atoms in total. The molecule has 24 heavy (non-hydrogen) atoms. The summed E-state index contributed by atoms with van der Waals surface area (Å²) in [6, 6.07) is 3.72. The molecule has 0 spiro atoms.